The van der Waals surface area contributed by atoms with Crippen molar-refractivity contribution in [2.24, 2.45) is 0 Å². The van der Waals surface area contributed by atoms with Crippen molar-refractivity contribution in [3.8, 4) is 11.1 Å². The summed E-state index contributed by atoms with van der Waals surface area (Å²) in [6.45, 7) is 0. The van der Waals surface area contributed by atoms with Crippen molar-refractivity contribution in [3.05, 3.63) is 68.7 Å². The minimum absolute atomic E-state index is 0.496. The van der Waals surface area contributed by atoms with E-state index in [2.05, 4.69) is 48.7 Å². The number of anilines is 2. The van der Waals surface area contributed by atoms with Crippen LogP contribution in [0.1, 0.15) is 0 Å². The summed E-state index contributed by atoms with van der Waals surface area (Å²) in [5.74, 6) is 0.738. The molecular formula is C18H10BrCl2N3S. The molecule has 0 aliphatic carbocycles. The predicted molar refractivity (Wildman–Crippen MR) is 110 cm³/mol. The molecule has 3 nitrogen and oxygen atoms in total. The first-order valence-corrected chi connectivity index (χ1v) is 9.75. The molecule has 0 unspecified atom stereocenters. The van der Waals surface area contributed by atoms with Gasteiger partial charge in [-0.05, 0) is 35.9 Å². The Morgan fingerprint density at radius 2 is 1.76 bits per heavy atom. The van der Waals surface area contributed by atoms with Gasteiger partial charge < -0.3 is 5.32 Å². The third-order valence-electron chi connectivity index (χ3n) is 3.71. The molecule has 0 bridgehead atoms. The molecule has 0 aliphatic heterocycles. The third kappa shape index (κ3) is 3.37. The van der Waals surface area contributed by atoms with E-state index in [1.165, 1.54) is 0 Å². The van der Waals surface area contributed by atoms with Gasteiger partial charge in [0.2, 0.25) is 0 Å². The molecule has 1 N–H and O–H groups in total. The summed E-state index contributed by atoms with van der Waals surface area (Å²) in [4.78, 5) is 9.75. The second kappa shape index (κ2) is 6.92. The van der Waals surface area contributed by atoms with Gasteiger partial charge in [0.05, 0.1) is 15.4 Å². The van der Waals surface area contributed by atoms with E-state index >= 15 is 0 Å². The van der Waals surface area contributed by atoms with Gasteiger partial charge >= 0.3 is 0 Å². The van der Waals surface area contributed by atoms with Crippen LogP contribution in [0.25, 0.3) is 21.3 Å². The summed E-state index contributed by atoms with van der Waals surface area (Å²) in [5.41, 5.74) is 3.03. The zero-order valence-corrected chi connectivity index (χ0v) is 16.5. The van der Waals surface area contributed by atoms with Crippen molar-refractivity contribution in [1.29, 1.82) is 0 Å². The summed E-state index contributed by atoms with van der Waals surface area (Å²) < 4.78 is 1.04. The molecular weight excluding hydrogens is 441 g/mol. The van der Waals surface area contributed by atoms with Gasteiger partial charge in [0.25, 0.3) is 0 Å². The smallest absolute Gasteiger partial charge is 0.143 e. The van der Waals surface area contributed by atoms with E-state index in [4.69, 9.17) is 23.2 Å². The number of rotatable bonds is 3. The van der Waals surface area contributed by atoms with Gasteiger partial charge in [-0.15, -0.1) is 11.3 Å². The molecule has 2 aromatic carbocycles. The molecule has 2 aromatic heterocycles. The Morgan fingerprint density at radius 3 is 2.52 bits per heavy atom. The van der Waals surface area contributed by atoms with Crippen LogP contribution in [0.3, 0.4) is 0 Å². The zero-order valence-electron chi connectivity index (χ0n) is 12.6. The number of thiophene rings is 1. The number of nitrogens with zero attached hydrogens (tertiary/aromatic N) is 2. The minimum Gasteiger partial charge on any atom is -0.340 e. The first-order chi connectivity index (χ1) is 12.1. The number of hydrogen-bond acceptors (Lipinski definition) is 4. The molecule has 0 saturated heterocycles. The van der Waals surface area contributed by atoms with Crippen molar-refractivity contribution in [3.63, 3.8) is 0 Å². The van der Waals surface area contributed by atoms with Crippen molar-refractivity contribution in [2.45, 2.75) is 0 Å². The van der Waals surface area contributed by atoms with Gasteiger partial charge in [0.1, 0.15) is 17.0 Å². The van der Waals surface area contributed by atoms with E-state index in [0.717, 1.165) is 37.3 Å². The quantitative estimate of drug-likeness (QED) is 0.359. The largest absolute Gasteiger partial charge is 0.340 e. The van der Waals surface area contributed by atoms with Gasteiger partial charge in [0.15, 0.2) is 0 Å². The van der Waals surface area contributed by atoms with Crippen molar-refractivity contribution in [2.75, 3.05) is 5.32 Å². The molecule has 0 amide bonds. The van der Waals surface area contributed by atoms with E-state index in [1.54, 1.807) is 29.8 Å². The first-order valence-electron chi connectivity index (χ1n) is 7.32. The fraction of sp³-hybridized carbons (Fsp3) is 0. The van der Waals surface area contributed by atoms with E-state index in [1.807, 2.05) is 18.2 Å². The highest BCUT2D eigenvalue weighted by atomic mass is 79.9. The molecule has 0 saturated carbocycles. The molecule has 0 aliphatic rings. The second-order valence-electron chi connectivity index (χ2n) is 5.31. The fourth-order valence-corrected chi connectivity index (χ4v) is 4.00. The van der Waals surface area contributed by atoms with E-state index in [0.29, 0.717) is 10.0 Å². The Morgan fingerprint density at radius 1 is 0.960 bits per heavy atom. The van der Waals surface area contributed by atoms with Crippen LogP contribution in [0.15, 0.2) is 58.6 Å². The van der Waals surface area contributed by atoms with Crippen molar-refractivity contribution in [1.82, 2.24) is 9.97 Å². The monoisotopic (exact) mass is 449 g/mol. The Labute approximate surface area is 166 Å². The number of halogens is 3. The number of aromatic nitrogens is 2. The van der Waals surface area contributed by atoms with Crippen LogP contribution in [-0.4, -0.2) is 9.97 Å². The van der Waals surface area contributed by atoms with E-state index < -0.39 is 0 Å². The summed E-state index contributed by atoms with van der Waals surface area (Å²) in [6.07, 6.45) is 1.56. The molecule has 4 rings (SSSR count). The molecule has 0 spiro atoms. The standard InChI is InChI=1S/C18H10BrCl2N3S/c19-11-3-1-10(2-4-11)13-8-25-18-16(13)17(22-9-23-18)24-12-5-6-14(20)15(21)7-12/h1-9H,(H,22,23,24). The Kier molecular flexibility index (Phi) is 4.65. The number of fused-ring (bicyclic) bond motifs is 1. The highest BCUT2D eigenvalue weighted by Crippen LogP contribution is 2.38. The van der Waals surface area contributed by atoms with E-state index in [9.17, 15) is 0 Å². The predicted octanol–water partition coefficient (Wildman–Crippen LogP) is 7.17. The molecule has 2 heterocycles. The normalized spacial score (nSPS) is 11.0. The SMILES string of the molecule is Clc1ccc(Nc2ncnc3scc(-c4ccc(Br)cc4)c23)cc1Cl. The third-order valence-corrected chi connectivity index (χ3v) is 5.86. The average Bonchev–Trinajstić information content (AvgIpc) is 3.04. The maximum Gasteiger partial charge on any atom is 0.143 e. The lowest BCUT2D eigenvalue weighted by molar-refractivity contribution is 1.23. The average molecular weight is 451 g/mol. The van der Waals surface area contributed by atoms with Crippen LogP contribution in [0.2, 0.25) is 10.0 Å². The number of benzene rings is 2. The van der Waals surface area contributed by atoms with Gasteiger partial charge in [-0.2, -0.15) is 0 Å². The molecule has 0 atom stereocenters. The van der Waals surface area contributed by atoms with Gasteiger partial charge in [-0.25, -0.2) is 9.97 Å². The molecule has 4 aromatic rings. The lowest BCUT2D eigenvalue weighted by Crippen LogP contribution is -1.95. The lowest BCUT2D eigenvalue weighted by atomic mass is 10.1. The van der Waals surface area contributed by atoms with Crippen molar-refractivity contribution < 1.29 is 0 Å². The maximum absolute atomic E-state index is 6.11. The Bertz CT molecular complexity index is 1060. The Balaban J connectivity index is 1.82. The highest BCUT2D eigenvalue weighted by molar-refractivity contribution is 9.10. The van der Waals surface area contributed by atoms with Crippen LogP contribution in [0.5, 0.6) is 0 Å². The fourth-order valence-electron chi connectivity index (χ4n) is 2.52. The van der Waals surface area contributed by atoms with E-state index in [-0.39, 0.29) is 0 Å². The molecule has 0 fully saturated rings. The number of hydrogen-bond donors (Lipinski definition) is 1. The van der Waals surface area contributed by atoms with Crippen LogP contribution >= 0.6 is 50.5 Å². The minimum atomic E-state index is 0.496. The summed E-state index contributed by atoms with van der Waals surface area (Å²) in [5, 5.41) is 7.43. The lowest BCUT2D eigenvalue weighted by Gasteiger charge is -2.09. The molecule has 25 heavy (non-hydrogen) atoms. The maximum atomic E-state index is 6.11. The summed E-state index contributed by atoms with van der Waals surface area (Å²) >= 11 is 17.2. The molecule has 124 valence electrons. The van der Waals surface area contributed by atoms with Crippen LogP contribution in [0.4, 0.5) is 11.5 Å². The Hall–Kier alpha value is -1.66. The summed E-state index contributed by atoms with van der Waals surface area (Å²) in [6, 6.07) is 13.6. The highest BCUT2D eigenvalue weighted by Gasteiger charge is 2.13. The van der Waals surface area contributed by atoms with Gasteiger partial charge in [-0.3, -0.25) is 0 Å². The zero-order chi connectivity index (χ0) is 17.4. The van der Waals surface area contributed by atoms with Crippen molar-refractivity contribution >= 4 is 72.2 Å². The van der Waals surface area contributed by atoms with Crippen LogP contribution < -0.4 is 5.32 Å². The topological polar surface area (TPSA) is 37.8 Å². The number of nitrogens with one attached hydrogen (secondary N) is 1. The van der Waals surface area contributed by atoms with Gasteiger partial charge in [-0.1, -0.05) is 51.3 Å². The molecule has 7 heteroatoms. The first kappa shape index (κ1) is 16.8. The van der Waals surface area contributed by atoms with Crippen LogP contribution in [0, 0.1) is 0 Å². The van der Waals surface area contributed by atoms with Crippen LogP contribution in [-0.2, 0) is 0 Å². The molecule has 0 radical (unpaired) electrons. The summed E-state index contributed by atoms with van der Waals surface area (Å²) in [7, 11) is 0. The second-order valence-corrected chi connectivity index (χ2v) is 7.90. The van der Waals surface area contributed by atoms with Gasteiger partial charge in [0, 0.05) is 21.1 Å².